The van der Waals surface area contributed by atoms with Crippen molar-refractivity contribution in [3.05, 3.63) is 11.6 Å². The van der Waals surface area contributed by atoms with Crippen molar-refractivity contribution in [2.24, 2.45) is 39.7 Å². The minimum atomic E-state index is -0.712. The molecule has 1 aliphatic heterocycles. The number of carbonyl (C=O) groups excluding carboxylic acids is 1. The van der Waals surface area contributed by atoms with E-state index in [1.807, 2.05) is 6.08 Å². The van der Waals surface area contributed by atoms with E-state index in [1.54, 1.807) is 0 Å². The van der Waals surface area contributed by atoms with Crippen LogP contribution in [0.25, 0.3) is 0 Å². The zero-order chi connectivity index (χ0) is 21.8. The highest BCUT2D eigenvalue weighted by Crippen LogP contribution is 2.65. The second kappa shape index (κ2) is 7.94. The third kappa shape index (κ3) is 3.15. The molecule has 4 N–H and O–H groups in total. The summed E-state index contributed by atoms with van der Waals surface area (Å²) in [5.41, 5.74) is 0.923. The number of aliphatic hydroxyl groups excluding tert-OH is 3. The maximum atomic E-state index is 12.7. The van der Waals surface area contributed by atoms with Crippen LogP contribution in [0.2, 0.25) is 0 Å². The summed E-state index contributed by atoms with van der Waals surface area (Å²) in [5.74, 6) is 0.0591. The van der Waals surface area contributed by atoms with E-state index in [-0.39, 0.29) is 42.5 Å². The third-order valence-corrected chi connectivity index (χ3v) is 9.49. The Balaban J connectivity index is 1.50. The maximum Gasteiger partial charge on any atom is 0.141 e. The summed E-state index contributed by atoms with van der Waals surface area (Å²) < 4.78 is 0. The fraction of sp³-hybridized carbons (Fsp3) is 0.833. The summed E-state index contributed by atoms with van der Waals surface area (Å²) in [6.07, 6.45) is 6.78. The van der Waals surface area contributed by atoms with E-state index in [0.717, 1.165) is 56.5 Å². The van der Waals surface area contributed by atoms with Crippen molar-refractivity contribution < 1.29 is 25.0 Å². The Hall–Kier alpha value is -1.28. The van der Waals surface area contributed by atoms with Crippen molar-refractivity contribution in [1.29, 1.82) is 0 Å². The van der Waals surface area contributed by atoms with E-state index >= 15 is 0 Å². The molecule has 4 aliphatic carbocycles. The van der Waals surface area contributed by atoms with Crippen LogP contribution in [0, 0.1) is 34.5 Å². The van der Waals surface area contributed by atoms with Gasteiger partial charge in [-0.2, -0.15) is 0 Å². The molecule has 5 aliphatic rings. The SMILES string of the molecule is C[C@]12CCC3C(C1CCC2=O)[C@H](O)[C@H](CO)C1=CC(=NOC2CCNC2)CC[C@@]13CO. The molecule has 5 rings (SSSR count). The smallest absolute Gasteiger partial charge is 0.141 e. The van der Waals surface area contributed by atoms with Crippen LogP contribution in [-0.2, 0) is 9.63 Å². The Morgan fingerprint density at radius 3 is 2.74 bits per heavy atom. The Bertz CT molecular complexity index is 791. The van der Waals surface area contributed by atoms with Gasteiger partial charge in [-0.3, -0.25) is 4.79 Å². The topological polar surface area (TPSA) is 111 Å². The highest BCUT2D eigenvalue weighted by atomic mass is 16.6. The molecule has 0 radical (unpaired) electrons. The molecule has 172 valence electrons. The lowest BCUT2D eigenvalue weighted by atomic mass is 9.44. The lowest BCUT2D eigenvalue weighted by molar-refractivity contribution is -0.152. The second-order valence-corrected chi connectivity index (χ2v) is 10.7. The molecular formula is C24H36N2O5. The summed E-state index contributed by atoms with van der Waals surface area (Å²) in [6, 6.07) is 0. The van der Waals surface area contributed by atoms with Crippen LogP contribution in [0.15, 0.2) is 16.8 Å². The highest BCUT2D eigenvalue weighted by Gasteiger charge is 2.64. The molecule has 1 saturated heterocycles. The van der Waals surface area contributed by atoms with Crippen molar-refractivity contribution in [3.8, 4) is 0 Å². The monoisotopic (exact) mass is 432 g/mol. The van der Waals surface area contributed by atoms with E-state index in [0.29, 0.717) is 18.6 Å². The zero-order valence-corrected chi connectivity index (χ0v) is 18.4. The van der Waals surface area contributed by atoms with Gasteiger partial charge in [0.2, 0.25) is 0 Å². The third-order valence-electron chi connectivity index (χ3n) is 9.49. The van der Waals surface area contributed by atoms with Gasteiger partial charge >= 0.3 is 0 Å². The number of oxime groups is 1. The Labute approximate surface area is 183 Å². The molecule has 7 nitrogen and oxygen atoms in total. The van der Waals surface area contributed by atoms with Crippen LogP contribution in [0.4, 0.5) is 0 Å². The van der Waals surface area contributed by atoms with Gasteiger partial charge in [0.15, 0.2) is 0 Å². The fourth-order valence-electron chi connectivity index (χ4n) is 7.73. The van der Waals surface area contributed by atoms with Crippen LogP contribution in [0.5, 0.6) is 0 Å². The van der Waals surface area contributed by atoms with Crippen LogP contribution >= 0.6 is 0 Å². The van der Waals surface area contributed by atoms with Crippen LogP contribution in [0.3, 0.4) is 0 Å². The summed E-state index contributed by atoms with van der Waals surface area (Å²) in [5, 5.41) is 40.2. The number of aliphatic hydroxyl groups is 3. The second-order valence-electron chi connectivity index (χ2n) is 10.7. The van der Waals surface area contributed by atoms with Gasteiger partial charge in [-0.25, -0.2) is 0 Å². The maximum absolute atomic E-state index is 12.7. The molecule has 0 spiro atoms. The number of nitrogens with zero attached hydrogens (tertiary/aromatic N) is 1. The van der Waals surface area contributed by atoms with Crippen molar-refractivity contribution in [2.75, 3.05) is 26.3 Å². The summed E-state index contributed by atoms with van der Waals surface area (Å²) in [7, 11) is 0. The molecule has 0 aromatic heterocycles. The van der Waals surface area contributed by atoms with Crippen LogP contribution < -0.4 is 5.32 Å². The average Bonchev–Trinajstić information content (AvgIpc) is 3.40. The molecule has 4 unspecified atom stereocenters. The molecule has 1 heterocycles. The number of hydrogen-bond donors (Lipinski definition) is 4. The molecule has 0 aromatic rings. The number of hydrogen-bond acceptors (Lipinski definition) is 7. The standard InChI is InChI=1S/C24H36N2O5/c1-23-7-5-18-21(17(23)2-3-20(23)29)22(30)16(12-27)19-10-14(4-8-24(18,19)13-28)26-31-15-6-9-25-11-15/h10,15-18,21-22,25,27-28,30H,2-9,11-13H2,1H3/t15?,16-,17?,18?,21?,22-,23+,24+/m1/s1. The molecule has 0 bridgehead atoms. The minimum absolute atomic E-state index is 0.00127. The van der Waals surface area contributed by atoms with Crippen LogP contribution in [0.1, 0.15) is 51.9 Å². The normalized spacial score (nSPS) is 48.2. The van der Waals surface area contributed by atoms with Gasteiger partial charge in [-0.15, -0.1) is 0 Å². The lowest BCUT2D eigenvalue weighted by Gasteiger charge is -2.61. The number of allylic oxidation sites excluding steroid dienone is 1. The molecule has 8 atom stereocenters. The highest BCUT2D eigenvalue weighted by molar-refractivity contribution is 5.96. The molecular weight excluding hydrogens is 396 g/mol. The first-order chi connectivity index (χ1) is 14.9. The van der Waals surface area contributed by atoms with Gasteiger partial charge < -0.3 is 25.5 Å². The summed E-state index contributed by atoms with van der Waals surface area (Å²) in [6.45, 7) is 3.64. The number of nitrogens with one attached hydrogen (secondary N) is 1. The first-order valence-corrected chi connectivity index (χ1v) is 12.0. The summed E-state index contributed by atoms with van der Waals surface area (Å²) >= 11 is 0. The average molecular weight is 433 g/mol. The van der Waals surface area contributed by atoms with Crippen molar-refractivity contribution in [1.82, 2.24) is 5.32 Å². The van der Waals surface area contributed by atoms with Gasteiger partial charge in [0, 0.05) is 36.1 Å². The van der Waals surface area contributed by atoms with E-state index in [4.69, 9.17) is 4.84 Å². The van der Waals surface area contributed by atoms with Gasteiger partial charge in [0.1, 0.15) is 11.9 Å². The van der Waals surface area contributed by atoms with Gasteiger partial charge in [-0.05, 0) is 62.5 Å². The predicted molar refractivity (Wildman–Crippen MR) is 115 cm³/mol. The zero-order valence-electron chi connectivity index (χ0n) is 18.4. The number of carbonyl (C=O) groups is 1. The molecule has 4 fully saturated rings. The van der Waals surface area contributed by atoms with E-state index in [1.165, 1.54) is 0 Å². The Morgan fingerprint density at radius 1 is 1.19 bits per heavy atom. The number of fused-ring (bicyclic) bond motifs is 5. The van der Waals surface area contributed by atoms with Crippen LogP contribution in [-0.4, -0.2) is 65.3 Å². The molecule has 0 amide bonds. The molecule has 3 saturated carbocycles. The van der Waals surface area contributed by atoms with Crippen molar-refractivity contribution in [3.63, 3.8) is 0 Å². The number of rotatable bonds is 4. The molecule has 7 heteroatoms. The Morgan fingerprint density at radius 2 is 2.03 bits per heavy atom. The first kappa shape index (κ1) is 21.6. The van der Waals surface area contributed by atoms with E-state index in [9.17, 15) is 20.1 Å². The molecule has 0 aromatic carbocycles. The largest absolute Gasteiger partial charge is 0.396 e. The fourth-order valence-corrected chi connectivity index (χ4v) is 7.73. The lowest BCUT2D eigenvalue weighted by Crippen LogP contribution is -2.61. The summed E-state index contributed by atoms with van der Waals surface area (Å²) in [4.78, 5) is 18.4. The quantitative estimate of drug-likeness (QED) is 0.500. The van der Waals surface area contributed by atoms with Gasteiger partial charge in [0.05, 0.1) is 25.0 Å². The van der Waals surface area contributed by atoms with Crippen molar-refractivity contribution in [2.45, 2.75) is 64.1 Å². The van der Waals surface area contributed by atoms with Gasteiger partial charge in [0.25, 0.3) is 0 Å². The van der Waals surface area contributed by atoms with Crippen molar-refractivity contribution >= 4 is 11.5 Å². The van der Waals surface area contributed by atoms with Gasteiger partial charge in [-0.1, -0.05) is 17.7 Å². The van der Waals surface area contributed by atoms with E-state index < -0.39 is 17.4 Å². The Kier molecular flexibility index (Phi) is 5.52. The minimum Gasteiger partial charge on any atom is -0.396 e. The van der Waals surface area contributed by atoms with E-state index in [2.05, 4.69) is 17.4 Å². The number of ketones is 1. The predicted octanol–water partition coefficient (Wildman–Crippen LogP) is 1.41. The molecule has 31 heavy (non-hydrogen) atoms. The number of Topliss-reactive ketones (excluding diaryl/α,β-unsaturated/α-hetero) is 1. The first-order valence-electron chi connectivity index (χ1n) is 12.0.